The number of aliphatic hydroxyl groups is 1. The van der Waals surface area contributed by atoms with Gasteiger partial charge in [0.25, 0.3) is 0 Å². The molecule has 1 aromatic carbocycles. The van der Waals surface area contributed by atoms with Gasteiger partial charge in [0.15, 0.2) is 0 Å². The normalized spacial score (nSPS) is 14.1. The third kappa shape index (κ3) is 4.68. The largest absolute Gasteiger partial charge is 0.466 e. The fourth-order valence-corrected chi connectivity index (χ4v) is 3.62. The molecule has 3 N–H and O–H groups in total. The molecule has 0 aliphatic rings. The number of carbonyl (C=O) groups excluding carboxylic acids is 1. The zero-order valence-electron chi connectivity index (χ0n) is 14.4. The van der Waals surface area contributed by atoms with Crippen molar-refractivity contribution < 1.29 is 22.7 Å². The van der Waals surface area contributed by atoms with Crippen LogP contribution in [0.1, 0.15) is 31.6 Å². The first-order chi connectivity index (χ1) is 11.7. The highest BCUT2D eigenvalue weighted by Gasteiger charge is 2.29. The second-order valence-corrected chi connectivity index (χ2v) is 7.69. The Kier molecular flexibility index (Phi) is 5.66. The summed E-state index contributed by atoms with van der Waals surface area (Å²) in [6, 6.07) is 7.73. The van der Waals surface area contributed by atoms with Gasteiger partial charge in [-0.15, -0.1) is 0 Å². The molecule has 0 unspecified atom stereocenters. The number of furan rings is 1. The molecule has 8 heteroatoms. The van der Waals surface area contributed by atoms with Gasteiger partial charge >= 0.3 is 0 Å². The topological polar surface area (TPSA) is 109 Å². The Labute approximate surface area is 147 Å². The lowest BCUT2D eigenvalue weighted by molar-refractivity contribution is -0.115. The van der Waals surface area contributed by atoms with E-state index in [1.165, 1.54) is 25.3 Å². The highest BCUT2D eigenvalue weighted by Crippen LogP contribution is 2.23. The van der Waals surface area contributed by atoms with Crippen LogP contribution in [0.4, 0.5) is 5.69 Å². The Balaban J connectivity index is 2.15. The first-order valence-electron chi connectivity index (χ1n) is 7.82. The lowest BCUT2D eigenvalue weighted by Crippen LogP contribution is -2.38. The molecular weight excluding hydrogens is 344 g/mol. The summed E-state index contributed by atoms with van der Waals surface area (Å²) in [4.78, 5) is 11.5. The fourth-order valence-electron chi connectivity index (χ4n) is 2.26. The molecule has 136 valence electrons. The molecule has 0 aliphatic carbocycles. The smallest absolute Gasteiger partial charge is 0.240 e. The fraction of sp³-hybridized carbons (Fsp3) is 0.353. The minimum Gasteiger partial charge on any atom is -0.466 e. The number of nitrogens with one attached hydrogen (secondary N) is 2. The summed E-state index contributed by atoms with van der Waals surface area (Å²) in [5.74, 6) is 0.118. The third-order valence-electron chi connectivity index (χ3n) is 3.73. The Morgan fingerprint density at radius 1 is 1.32 bits per heavy atom. The number of benzene rings is 1. The second-order valence-electron chi connectivity index (χ2n) is 5.96. The number of carbonyl (C=O) groups is 1. The minimum atomic E-state index is -3.83. The lowest BCUT2D eigenvalue weighted by atomic mass is 10.1. The molecule has 0 saturated carbocycles. The molecule has 0 radical (unpaired) electrons. The summed E-state index contributed by atoms with van der Waals surface area (Å²) in [6.45, 7) is 4.60. The third-order valence-corrected chi connectivity index (χ3v) is 5.29. The predicted octanol–water partition coefficient (Wildman–Crippen LogP) is 2.12. The van der Waals surface area contributed by atoms with Crippen LogP contribution in [0.15, 0.2) is 45.9 Å². The Bertz CT molecular complexity index is 842. The molecule has 1 heterocycles. The quantitative estimate of drug-likeness (QED) is 0.695. The SMILES string of the molecule is CCC(=O)Nc1ccc(S(=O)(=O)NC[C@](C)(O)c2ccco2)c(C)c1. The van der Waals surface area contributed by atoms with Crippen molar-refractivity contribution in [3.8, 4) is 0 Å². The van der Waals surface area contributed by atoms with Crippen LogP contribution < -0.4 is 10.0 Å². The van der Waals surface area contributed by atoms with E-state index < -0.39 is 15.6 Å². The van der Waals surface area contributed by atoms with E-state index in [-0.39, 0.29) is 23.1 Å². The van der Waals surface area contributed by atoms with Crippen molar-refractivity contribution in [2.24, 2.45) is 0 Å². The number of aryl methyl sites for hydroxylation is 1. The summed E-state index contributed by atoms with van der Waals surface area (Å²) in [5.41, 5.74) is -0.454. The maximum atomic E-state index is 12.5. The first-order valence-corrected chi connectivity index (χ1v) is 9.30. The van der Waals surface area contributed by atoms with Gasteiger partial charge < -0.3 is 14.8 Å². The van der Waals surface area contributed by atoms with Gasteiger partial charge in [-0.2, -0.15) is 0 Å². The van der Waals surface area contributed by atoms with E-state index in [1.54, 1.807) is 32.0 Å². The van der Waals surface area contributed by atoms with Crippen LogP contribution in [-0.2, 0) is 20.4 Å². The standard InChI is InChI=1S/C17H22N2O5S/c1-4-16(20)19-13-7-8-14(12(2)10-13)25(22,23)18-11-17(3,21)15-6-5-9-24-15/h5-10,18,21H,4,11H2,1-3H3,(H,19,20)/t17-/m0/s1. The van der Waals surface area contributed by atoms with E-state index in [0.29, 0.717) is 17.7 Å². The Hall–Kier alpha value is -2.16. The molecule has 7 nitrogen and oxygen atoms in total. The molecule has 25 heavy (non-hydrogen) atoms. The molecule has 0 saturated heterocycles. The molecule has 0 fully saturated rings. The van der Waals surface area contributed by atoms with Gasteiger partial charge in [0.2, 0.25) is 15.9 Å². The van der Waals surface area contributed by atoms with Crippen LogP contribution in [0, 0.1) is 6.92 Å². The minimum absolute atomic E-state index is 0.0808. The number of sulfonamides is 1. The maximum absolute atomic E-state index is 12.5. The van der Waals surface area contributed by atoms with Gasteiger partial charge in [-0.05, 0) is 49.7 Å². The van der Waals surface area contributed by atoms with E-state index in [1.807, 2.05) is 0 Å². The summed E-state index contributed by atoms with van der Waals surface area (Å²) < 4.78 is 32.6. The average molecular weight is 366 g/mol. The molecule has 1 atom stereocenters. The second kappa shape index (κ2) is 7.38. The number of hydrogen-bond acceptors (Lipinski definition) is 5. The van der Waals surface area contributed by atoms with Crippen molar-refractivity contribution >= 4 is 21.6 Å². The zero-order valence-corrected chi connectivity index (χ0v) is 15.2. The van der Waals surface area contributed by atoms with Gasteiger partial charge in [-0.25, -0.2) is 13.1 Å². The average Bonchev–Trinajstić information content (AvgIpc) is 3.08. The van der Waals surface area contributed by atoms with Crippen LogP contribution >= 0.6 is 0 Å². The van der Waals surface area contributed by atoms with Gasteiger partial charge in [0, 0.05) is 18.7 Å². The number of rotatable bonds is 7. The van der Waals surface area contributed by atoms with Crippen LogP contribution in [0.3, 0.4) is 0 Å². The summed E-state index contributed by atoms with van der Waals surface area (Å²) in [5, 5.41) is 13.0. The van der Waals surface area contributed by atoms with Crippen molar-refractivity contribution in [2.75, 3.05) is 11.9 Å². The summed E-state index contributed by atoms with van der Waals surface area (Å²) in [7, 11) is -3.83. The van der Waals surface area contributed by atoms with Gasteiger partial charge in [-0.1, -0.05) is 6.92 Å². The van der Waals surface area contributed by atoms with Crippen molar-refractivity contribution in [3.05, 3.63) is 47.9 Å². The van der Waals surface area contributed by atoms with Gasteiger partial charge in [-0.3, -0.25) is 4.79 Å². The maximum Gasteiger partial charge on any atom is 0.240 e. The van der Waals surface area contributed by atoms with Gasteiger partial charge in [0.1, 0.15) is 11.4 Å². The number of anilines is 1. The summed E-state index contributed by atoms with van der Waals surface area (Å²) in [6.07, 6.45) is 1.74. The van der Waals surface area contributed by atoms with Crippen LogP contribution in [0.25, 0.3) is 0 Å². The molecule has 2 rings (SSSR count). The predicted molar refractivity (Wildman–Crippen MR) is 93.6 cm³/mol. The van der Waals surface area contributed by atoms with E-state index in [2.05, 4.69) is 10.0 Å². The highest BCUT2D eigenvalue weighted by atomic mass is 32.2. The molecule has 0 bridgehead atoms. The van der Waals surface area contributed by atoms with Crippen molar-refractivity contribution in [3.63, 3.8) is 0 Å². The monoisotopic (exact) mass is 366 g/mol. The van der Waals surface area contributed by atoms with Crippen molar-refractivity contribution in [1.82, 2.24) is 4.72 Å². The molecule has 0 spiro atoms. The van der Waals surface area contributed by atoms with Gasteiger partial charge in [0.05, 0.1) is 11.2 Å². The Morgan fingerprint density at radius 3 is 2.60 bits per heavy atom. The van der Waals surface area contributed by atoms with E-state index in [0.717, 1.165) is 0 Å². The van der Waals surface area contributed by atoms with Crippen LogP contribution in [-0.4, -0.2) is 26.0 Å². The van der Waals surface area contributed by atoms with Crippen molar-refractivity contribution in [1.29, 1.82) is 0 Å². The van der Waals surface area contributed by atoms with E-state index in [9.17, 15) is 18.3 Å². The van der Waals surface area contributed by atoms with Crippen molar-refractivity contribution in [2.45, 2.75) is 37.7 Å². The molecular formula is C17H22N2O5S. The molecule has 0 aliphatic heterocycles. The molecule has 2 aromatic rings. The van der Waals surface area contributed by atoms with Crippen LogP contribution in [0.5, 0.6) is 0 Å². The summed E-state index contributed by atoms with van der Waals surface area (Å²) >= 11 is 0. The van der Waals surface area contributed by atoms with Crippen LogP contribution in [0.2, 0.25) is 0 Å². The number of hydrogen-bond donors (Lipinski definition) is 3. The highest BCUT2D eigenvalue weighted by molar-refractivity contribution is 7.89. The van der Waals surface area contributed by atoms with E-state index >= 15 is 0 Å². The molecule has 1 amide bonds. The first kappa shape index (κ1) is 19.2. The Morgan fingerprint density at radius 2 is 2.04 bits per heavy atom. The lowest BCUT2D eigenvalue weighted by Gasteiger charge is -2.21. The number of amides is 1. The molecule has 1 aromatic heterocycles. The zero-order chi connectivity index (χ0) is 18.7. The van der Waals surface area contributed by atoms with E-state index in [4.69, 9.17) is 4.42 Å².